The molecule has 0 saturated heterocycles. The molecular weight excluding hydrogens is 291 g/mol. The van der Waals surface area contributed by atoms with E-state index in [-0.39, 0.29) is 11.4 Å². The number of nitrogens with one attached hydrogen (secondary N) is 1. The van der Waals surface area contributed by atoms with Crippen LogP contribution in [0.2, 0.25) is 0 Å². The van der Waals surface area contributed by atoms with E-state index in [9.17, 15) is 12.8 Å². The van der Waals surface area contributed by atoms with Gasteiger partial charge in [-0.3, -0.25) is 0 Å². The summed E-state index contributed by atoms with van der Waals surface area (Å²) < 4.78 is 41.1. The van der Waals surface area contributed by atoms with Crippen LogP contribution in [0.4, 0.5) is 4.39 Å². The van der Waals surface area contributed by atoms with E-state index in [1.165, 1.54) is 18.2 Å². The lowest BCUT2D eigenvalue weighted by atomic mass is 9.78. The maximum Gasteiger partial charge on any atom is 0.241 e. The van der Waals surface area contributed by atoms with Crippen molar-refractivity contribution in [1.29, 1.82) is 0 Å². The van der Waals surface area contributed by atoms with Crippen molar-refractivity contribution >= 4 is 10.0 Å². The normalized spacial score (nSPS) is 26.8. The number of rotatable bonds is 4. The first kappa shape index (κ1) is 16.4. The SMILES string of the molecule is Cc1cc(F)ccc1S(=O)(=O)NC1(CN)CCC(C)CC1. The van der Waals surface area contributed by atoms with E-state index in [0.717, 1.165) is 25.7 Å². The molecule has 1 saturated carbocycles. The molecule has 1 aliphatic rings. The van der Waals surface area contributed by atoms with Gasteiger partial charge in [0.15, 0.2) is 0 Å². The summed E-state index contributed by atoms with van der Waals surface area (Å²) in [5.41, 5.74) is 5.67. The summed E-state index contributed by atoms with van der Waals surface area (Å²) in [5.74, 6) is 0.160. The molecule has 2 rings (SSSR count). The van der Waals surface area contributed by atoms with Crippen LogP contribution in [0.25, 0.3) is 0 Å². The first-order valence-electron chi connectivity index (χ1n) is 7.28. The lowest BCUT2D eigenvalue weighted by Crippen LogP contribution is -2.55. The molecule has 0 aromatic heterocycles. The maximum absolute atomic E-state index is 13.1. The highest BCUT2D eigenvalue weighted by Crippen LogP contribution is 2.32. The third kappa shape index (κ3) is 3.62. The van der Waals surface area contributed by atoms with Gasteiger partial charge in [0.1, 0.15) is 5.82 Å². The molecule has 1 aliphatic carbocycles. The van der Waals surface area contributed by atoms with Gasteiger partial charge in [-0.25, -0.2) is 17.5 Å². The molecule has 1 aromatic carbocycles. The van der Waals surface area contributed by atoms with Crippen molar-refractivity contribution < 1.29 is 12.8 Å². The molecule has 1 fully saturated rings. The number of hydrogen-bond acceptors (Lipinski definition) is 3. The lowest BCUT2D eigenvalue weighted by Gasteiger charge is -2.39. The number of nitrogens with two attached hydrogens (primary N) is 1. The monoisotopic (exact) mass is 314 g/mol. The molecule has 1 aromatic rings. The van der Waals surface area contributed by atoms with Gasteiger partial charge in [-0.1, -0.05) is 6.92 Å². The van der Waals surface area contributed by atoms with Gasteiger partial charge in [0.2, 0.25) is 10.0 Å². The second kappa shape index (κ2) is 6.02. The number of hydrogen-bond donors (Lipinski definition) is 2. The van der Waals surface area contributed by atoms with Crippen molar-refractivity contribution in [1.82, 2.24) is 4.72 Å². The Morgan fingerprint density at radius 3 is 2.52 bits per heavy atom. The fourth-order valence-electron chi connectivity index (χ4n) is 2.92. The zero-order chi connectivity index (χ0) is 15.7. The Kier molecular flexibility index (Phi) is 4.70. The fraction of sp³-hybridized carbons (Fsp3) is 0.600. The second-order valence-electron chi connectivity index (χ2n) is 6.18. The van der Waals surface area contributed by atoms with E-state index >= 15 is 0 Å². The van der Waals surface area contributed by atoms with E-state index in [0.29, 0.717) is 11.5 Å². The van der Waals surface area contributed by atoms with Crippen LogP contribution < -0.4 is 10.5 Å². The Labute approximate surface area is 126 Å². The Morgan fingerprint density at radius 2 is 2.00 bits per heavy atom. The molecule has 0 bridgehead atoms. The summed E-state index contributed by atoms with van der Waals surface area (Å²) in [5, 5.41) is 0. The molecule has 0 radical (unpaired) electrons. The second-order valence-corrected chi connectivity index (χ2v) is 7.83. The van der Waals surface area contributed by atoms with Gasteiger partial charge in [0.05, 0.1) is 4.90 Å². The Hall–Kier alpha value is -0.980. The molecular formula is C15H23FN2O2S. The average molecular weight is 314 g/mol. The smallest absolute Gasteiger partial charge is 0.241 e. The van der Waals surface area contributed by atoms with Crippen molar-refractivity contribution in [3.8, 4) is 0 Å². The predicted molar refractivity (Wildman–Crippen MR) is 80.9 cm³/mol. The zero-order valence-electron chi connectivity index (χ0n) is 12.5. The molecule has 0 spiro atoms. The number of aryl methyl sites for hydroxylation is 1. The Morgan fingerprint density at radius 1 is 1.38 bits per heavy atom. The van der Waals surface area contributed by atoms with Gasteiger partial charge in [-0.2, -0.15) is 0 Å². The minimum absolute atomic E-state index is 0.121. The first-order chi connectivity index (χ1) is 9.78. The quantitative estimate of drug-likeness (QED) is 0.896. The molecule has 0 heterocycles. The summed E-state index contributed by atoms with van der Waals surface area (Å²) in [4.78, 5) is 0.121. The third-order valence-corrected chi connectivity index (χ3v) is 6.14. The highest BCUT2D eigenvalue weighted by molar-refractivity contribution is 7.89. The van der Waals surface area contributed by atoms with Crippen molar-refractivity contribution in [2.75, 3.05) is 6.54 Å². The number of sulfonamides is 1. The van der Waals surface area contributed by atoms with Crippen molar-refractivity contribution in [3.05, 3.63) is 29.6 Å². The predicted octanol–water partition coefficient (Wildman–Crippen LogP) is 2.32. The average Bonchev–Trinajstić information content (AvgIpc) is 2.41. The first-order valence-corrected chi connectivity index (χ1v) is 8.76. The molecule has 0 amide bonds. The highest BCUT2D eigenvalue weighted by atomic mass is 32.2. The van der Waals surface area contributed by atoms with Crippen LogP contribution >= 0.6 is 0 Å². The maximum atomic E-state index is 13.1. The molecule has 21 heavy (non-hydrogen) atoms. The van der Waals surface area contributed by atoms with Gasteiger partial charge in [-0.05, 0) is 62.3 Å². The number of halogens is 1. The van der Waals surface area contributed by atoms with Gasteiger partial charge < -0.3 is 5.73 Å². The van der Waals surface area contributed by atoms with Gasteiger partial charge >= 0.3 is 0 Å². The molecule has 3 N–H and O–H groups in total. The lowest BCUT2D eigenvalue weighted by molar-refractivity contribution is 0.231. The third-order valence-electron chi connectivity index (χ3n) is 4.40. The highest BCUT2D eigenvalue weighted by Gasteiger charge is 2.37. The van der Waals surface area contributed by atoms with Crippen LogP contribution in [0, 0.1) is 18.7 Å². The van der Waals surface area contributed by atoms with E-state index < -0.39 is 21.4 Å². The van der Waals surface area contributed by atoms with E-state index in [1.54, 1.807) is 6.92 Å². The summed E-state index contributed by atoms with van der Waals surface area (Å²) in [6.07, 6.45) is 3.40. The summed E-state index contributed by atoms with van der Waals surface area (Å²) >= 11 is 0. The van der Waals surface area contributed by atoms with Crippen LogP contribution in [-0.4, -0.2) is 20.5 Å². The summed E-state index contributed by atoms with van der Waals surface area (Å²) in [6, 6.07) is 3.70. The van der Waals surface area contributed by atoms with Crippen molar-refractivity contribution in [3.63, 3.8) is 0 Å². The van der Waals surface area contributed by atoms with Gasteiger partial charge in [0, 0.05) is 12.1 Å². The van der Waals surface area contributed by atoms with Crippen LogP contribution in [0.3, 0.4) is 0 Å². The van der Waals surface area contributed by atoms with Crippen LogP contribution in [-0.2, 0) is 10.0 Å². The molecule has 118 valence electrons. The minimum Gasteiger partial charge on any atom is -0.329 e. The molecule has 4 nitrogen and oxygen atoms in total. The van der Waals surface area contributed by atoms with E-state index in [1.807, 2.05) is 0 Å². The molecule has 0 atom stereocenters. The Balaban J connectivity index is 2.27. The molecule has 0 unspecified atom stereocenters. The Bertz CT molecular complexity index is 608. The van der Waals surface area contributed by atoms with Crippen molar-refractivity contribution in [2.24, 2.45) is 11.7 Å². The molecule has 6 heteroatoms. The van der Waals surface area contributed by atoms with Crippen LogP contribution in [0.15, 0.2) is 23.1 Å². The molecule has 0 aliphatic heterocycles. The van der Waals surface area contributed by atoms with Crippen molar-refractivity contribution in [2.45, 2.75) is 50.0 Å². The largest absolute Gasteiger partial charge is 0.329 e. The van der Waals surface area contributed by atoms with Crippen LogP contribution in [0.1, 0.15) is 38.2 Å². The van der Waals surface area contributed by atoms with E-state index in [4.69, 9.17) is 5.73 Å². The van der Waals surface area contributed by atoms with Crippen LogP contribution in [0.5, 0.6) is 0 Å². The van der Waals surface area contributed by atoms with Gasteiger partial charge in [-0.15, -0.1) is 0 Å². The number of benzene rings is 1. The fourth-order valence-corrected chi connectivity index (χ4v) is 4.61. The standard InChI is InChI=1S/C15H23FN2O2S/c1-11-5-7-15(10-17,8-6-11)18-21(19,20)14-4-3-13(16)9-12(14)2/h3-4,9,11,18H,5-8,10,17H2,1-2H3. The minimum atomic E-state index is -3.69. The van der Waals surface area contributed by atoms with E-state index in [2.05, 4.69) is 11.6 Å². The summed E-state index contributed by atoms with van der Waals surface area (Å²) in [6.45, 7) is 4.04. The van der Waals surface area contributed by atoms with Gasteiger partial charge in [0.25, 0.3) is 0 Å². The topological polar surface area (TPSA) is 72.2 Å². The zero-order valence-corrected chi connectivity index (χ0v) is 13.3. The summed E-state index contributed by atoms with van der Waals surface area (Å²) in [7, 11) is -3.69.